The number of hydrogen-bond acceptors (Lipinski definition) is 2. The highest BCUT2D eigenvalue weighted by atomic mass is 19.1. The molecule has 0 radical (unpaired) electrons. The van der Waals surface area contributed by atoms with Crippen molar-refractivity contribution in [2.45, 2.75) is 18.9 Å². The standard InChI is InChI=1S/C10H11FN2/c1-10(13,7-12)6-8-3-2-4-9(11)5-8/h2-5H,6,13H2,1H3. The Labute approximate surface area is 76.8 Å². The Balaban J connectivity index is 2.82. The van der Waals surface area contributed by atoms with E-state index in [4.69, 9.17) is 11.0 Å². The van der Waals surface area contributed by atoms with E-state index in [1.54, 1.807) is 19.1 Å². The van der Waals surface area contributed by atoms with E-state index in [9.17, 15) is 4.39 Å². The number of hydrogen-bond donors (Lipinski definition) is 1. The fourth-order valence-electron chi connectivity index (χ4n) is 1.11. The summed E-state index contributed by atoms with van der Waals surface area (Å²) in [5.41, 5.74) is 5.43. The van der Waals surface area contributed by atoms with Crippen molar-refractivity contribution in [1.29, 1.82) is 5.26 Å². The molecule has 0 aliphatic heterocycles. The first-order valence-electron chi connectivity index (χ1n) is 3.98. The maximum Gasteiger partial charge on any atom is 0.123 e. The smallest absolute Gasteiger partial charge is 0.123 e. The minimum absolute atomic E-state index is 0.300. The molecule has 0 heterocycles. The van der Waals surface area contributed by atoms with Gasteiger partial charge in [0, 0.05) is 6.42 Å². The highest BCUT2D eigenvalue weighted by Gasteiger charge is 2.17. The van der Waals surface area contributed by atoms with Gasteiger partial charge in [0.1, 0.15) is 11.4 Å². The van der Waals surface area contributed by atoms with Crippen LogP contribution in [0.15, 0.2) is 24.3 Å². The van der Waals surface area contributed by atoms with E-state index in [-0.39, 0.29) is 5.82 Å². The van der Waals surface area contributed by atoms with Gasteiger partial charge < -0.3 is 5.73 Å². The Morgan fingerprint density at radius 2 is 2.31 bits per heavy atom. The molecule has 1 unspecified atom stereocenters. The first kappa shape index (κ1) is 9.69. The molecular formula is C10H11FN2. The van der Waals surface area contributed by atoms with Crippen molar-refractivity contribution in [2.75, 3.05) is 0 Å². The number of nitrogens with two attached hydrogens (primary N) is 1. The predicted molar refractivity (Wildman–Crippen MR) is 48.3 cm³/mol. The van der Waals surface area contributed by atoms with E-state index in [2.05, 4.69) is 0 Å². The van der Waals surface area contributed by atoms with Gasteiger partial charge in [0.2, 0.25) is 0 Å². The van der Waals surface area contributed by atoms with Crippen molar-refractivity contribution < 1.29 is 4.39 Å². The molecule has 2 N–H and O–H groups in total. The number of rotatable bonds is 2. The van der Waals surface area contributed by atoms with Crippen LogP contribution in [0.1, 0.15) is 12.5 Å². The molecule has 0 aromatic heterocycles. The molecule has 1 rings (SSSR count). The molecular weight excluding hydrogens is 167 g/mol. The molecule has 68 valence electrons. The van der Waals surface area contributed by atoms with E-state index in [0.717, 1.165) is 5.56 Å². The zero-order valence-electron chi connectivity index (χ0n) is 7.42. The van der Waals surface area contributed by atoms with Gasteiger partial charge in [-0.15, -0.1) is 0 Å². The largest absolute Gasteiger partial charge is 0.313 e. The van der Waals surface area contributed by atoms with Crippen LogP contribution in [0, 0.1) is 17.1 Å². The Morgan fingerprint density at radius 3 is 2.85 bits per heavy atom. The first-order chi connectivity index (χ1) is 6.03. The lowest BCUT2D eigenvalue weighted by Crippen LogP contribution is -2.36. The minimum atomic E-state index is -0.923. The van der Waals surface area contributed by atoms with Crippen LogP contribution in [-0.4, -0.2) is 5.54 Å². The molecule has 0 spiro atoms. The van der Waals surface area contributed by atoms with E-state index in [0.29, 0.717) is 6.42 Å². The number of benzene rings is 1. The van der Waals surface area contributed by atoms with Crippen LogP contribution in [0.25, 0.3) is 0 Å². The van der Waals surface area contributed by atoms with Gasteiger partial charge in [-0.2, -0.15) is 5.26 Å². The third-order valence-electron chi connectivity index (χ3n) is 1.72. The van der Waals surface area contributed by atoms with Crippen LogP contribution in [0.3, 0.4) is 0 Å². The summed E-state index contributed by atoms with van der Waals surface area (Å²) in [5.74, 6) is -0.300. The summed E-state index contributed by atoms with van der Waals surface area (Å²) in [7, 11) is 0. The van der Waals surface area contributed by atoms with Crippen LogP contribution in [0.4, 0.5) is 4.39 Å². The van der Waals surface area contributed by atoms with Crippen molar-refractivity contribution in [1.82, 2.24) is 0 Å². The lowest BCUT2D eigenvalue weighted by atomic mass is 9.96. The molecule has 0 saturated carbocycles. The highest BCUT2D eigenvalue weighted by molar-refractivity contribution is 5.21. The Morgan fingerprint density at radius 1 is 1.62 bits per heavy atom. The molecule has 13 heavy (non-hydrogen) atoms. The number of nitrogens with zero attached hydrogens (tertiary/aromatic N) is 1. The fourth-order valence-corrected chi connectivity index (χ4v) is 1.11. The molecule has 0 amide bonds. The monoisotopic (exact) mass is 178 g/mol. The van der Waals surface area contributed by atoms with Gasteiger partial charge in [-0.25, -0.2) is 4.39 Å². The lowest BCUT2D eigenvalue weighted by Gasteiger charge is -2.14. The maximum absolute atomic E-state index is 12.7. The molecule has 1 atom stereocenters. The molecule has 2 nitrogen and oxygen atoms in total. The summed E-state index contributed by atoms with van der Waals surface area (Å²) in [6.45, 7) is 1.62. The molecule has 0 saturated heterocycles. The summed E-state index contributed by atoms with van der Waals surface area (Å²) >= 11 is 0. The topological polar surface area (TPSA) is 49.8 Å². The average molecular weight is 178 g/mol. The molecule has 1 aromatic carbocycles. The van der Waals surface area contributed by atoms with Gasteiger partial charge in [-0.1, -0.05) is 12.1 Å². The number of nitriles is 1. The van der Waals surface area contributed by atoms with Crippen LogP contribution >= 0.6 is 0 Å². The number of halogens is 1. The third kappa shape index (κ3) is 2.85. The summed E-state index contributed by atoms with van der Waals surface area (Å²) < 4.78 is 12.7. The van der Waals surface area contributed by atoms with Gasteiger partial charge in [0.15, 0.2) is 0 Å². The molecule has 0 fully saturated rings. The summed E-state index contributed by atoms with van der Waals surface area (Å²) in [6, 6.07) is 8.09. The lowest BCUT2D eigenvalue weighted by molar-refractivity contribution is 0.586. The van der Waals surface area contributed by atoms with E-state index < -0.39 is 5.54 Å². The van der Waals surface area contributed by atoms with Gasteiger partial charge in [-0.3, -0.25) is 0 Å². The zero-order valence-corrected chi connectivity index (χ0v) is 7.42. The Bertz CT molecular complexity index is 339. The zero-order chi connectivity index (χ0) is 9.90. The van der Waals surface area contributed by atoms with Crippen molar-refractivity contribution in [2.24, 2.45) is 5.73 Å². The SMILES string of the molecule is CC(N)(C#N)Cc1cccc(F)c1. The second kappa shape index (κ2) is 3.55. The Hall–Kier alpha value is -1.40. The van der Waals surface area contributed by atoms with Crippen molar-refractivity contribution in [3.8, 4) is 6.07 Å². The summed E-state index contributed by atoms with van der Waals surface area (Å²) in [5, 5.41) is 8.66. The Kier molecular flexibility index (Phi) is 2.64. The van der Waals surface area contributed by atoms with Gasteiger partial charge in [0.25, 0.3) is 0 Å². The van der Waals surface area contributed by atoms with Gasteiger partial charge >= 0.3 is 0 Å². The quantitative estimate of drug-likeness (QED) is 0.747. The second-order valence-corrected chi connectivity index (χ2v) is 3.34. The summed E-state index contributed by atoms with van der Waals surface area (Å²) in [4.78, 5) is 0. The van der Waals surface area contributed by atoms with E-state index >= 15 is 0 Å². The van der Waals surface area contributed by atoms with E-state index in [1.807, 2.05) is 6.07 Å². The average Bonchev–Trinajstić information content (AvgIpc) is 2.03. The van der Waals surface area contributed by atoms with Gasteiger partial charge in [0.05, 0.1) is 6.07 Å². The molecule has 0 bridgehead atoms. The van der Waals surface area contributed by atoms with Crippen LogP contribution in [-0.2, 0) is 6.42 Å². The molecule has 1 aromatic rings. The van der Waals surface area contributed by atoms with E-state index in [1.165, 1.54) is 12.1 Å². The minimum Gasteiger partial charge on any atom is -0.313 e. The maximum atomic E-state index is 12.7. The molecule has 0 aliphatic carbocycles. The van der Waals surface area contributed by atoms with Crippen molar-refractivity contribution >= 4 is 0 Å². The normalized spacial score (nSPS) is 14.6. The van der Waals surface area contributed by atoms with Crippen molar-refractivity contribution in [3.05, 3.63) is 35.6 Å². The van der Waals surface area contributed by atoms with Crippen LogP contribution in [0.5, 0.6) is 0 Å². The van der Waals surface area contributed by atoms with Crippen molar-refractivity contribution in [3.63, 3.8) is 0 Å². The summed E-state index contributed by atoms with van der Waals surface area (Å²) in [6.07, 6.45) is 0.362. The van der Waals surface area contributed by atoms with Gasteiger partial charge in [-0.05, 0) is 24.6 Å². The third-order valence-corrected chi connectivity index (χ3v) is 1.72. The van der Waals surface area contributed by atoms with Crippen LogP contribution < -0.4 is 5.73 Å². The van der Waals surface area contributed by atoms with Crippen LogP contribution in [0.2, 0.25) is 0 Å². The molecule has 3 heteroatoms. The second-order valence-electron chi connectivity index (χ2n) is 3.34. The fraction of sp³-hybridized carbons (Fsp3) is 0.300. The predicted octanol–water partition coefficient (Wildman–Crippen LogP) is 1.61. The highest BCUT2D eigenvalue weighted by Crippen LogP contribution is 2.10. The first-order valence-corrected chi connectivity index (χ1v) is 3.98. The molecule has 0 aliphatic rings.